The molecule has 0 saturated carbocycles. The number of primary sulfonamides is 1. The number of hydrogen-bond donors (Lipinski definition) is 1. The van der Waals surface area contributed by atoms with E-state index in [1.807, 2.05) is 36.6 Å². The average molecular weight is 414 g/mol. The zero-order valence-corrected chi connectivity index (χ0v) is 16.3. The number of aryl methyl sites for hydroxylation is 1. The van der Waals surface area contributed by atoms with E-state index >= 15 is 0 Å². The molecule has 2 aromatic heterocycles. The van der Waals surface area contributed by atoms with Crippen LogP contribution in [0.4, 0.5) is 4.39 Å². The van der Waals surface area contributed by atoms with Crippen molar-refractivity contribution < 1.29 is 12.8 Å². The predicted molar refractivity (Wildman–Crippen MR) is 106 cm³/mol. The number of halogens is 1. The Hall–Kier alpha value is -2.88. The number of benzene rings is 2. The van der Waals surface area contributed by atoms with E-state index in [2.05, 4.69) is 9.97 Å². The molecular weight excluding hydrogens is 399 g/mol. The van der Waals surface area contributed by atoms with Gasteiger partial charge in [0.1, 0.15) is 16.5 Å². The Balaban J connectivity index is 1.77. The molecule has 0 unspecified atom stereocenters. The van der Waals surface area contributed by atoms with Crippen LogP contribution in [0.2, 0.25) is 0 Å². The lowest BCUT2D eigenvalue weighted by Crippen LogP contribution is -2.14. The van der Waals surface area contributed by atoms with Gasteiger partial charge < -0.3 is 0 Å². The molecule has 6 nitrogen and oxygen atoms in total. The molecule has 0 spiro atoms. The second-order valence-electron chi connectivity index (χ2n) is 6.19. The topological polar surface area (TPSA) is 90.9 Å². The Labute approximate surface area is 165 Å². The quantitative estimate of drug-likeness (QED) is 0.550. The molecule has 0 radical (unpaired) electrons. The molecule has 0 amide bonds. The van der Waals surface area contributed by atoms with E-state index in [1.54, 1.807) is 16.3 Å². The van der Waals surface area contributed by atoms with Gasteiger partial charge in [-0.3, -0.25) is 4.57 Å². The number of aromatic nitrogens is 3. The number of thiazole rings is 1. The van der Waals surface area contributed by atoms with Crippen LogP contribution in [0.1, 0.15) is 5.69 Å². The molecule has 28 heavy (non-hydrogen) atoms. The molecule has 9 heteroatoms. The second-order valence-corrected chi connectivity index (χ2v) is 8.44. The number of nitrogens with zero attached hydrogens (tertiary/aromatic N) is 3. The van der Waals surface area contributed by atoms with Crippen molar-refractivity contribution in [3.05, 3.63) is 71.1 Å². The summed E-state index contributed by atoms with van der Waals surface area (Å²) in [5.41, 5.74) is 5.70. The Kier molecular flexibility index (Phi) is 4.58. The summed E-state index contributed by atoms with van der Waals surface area (Å²) in [6.07, 6.45) is 1.76. The van der Waals surface area contributed by atoms with Crippen LogP contribution in [-0.4, -0.2) is 23.0 Å². The molecule has 0 aliphatic rings. The van der Waals surface area contributed by atoms with Crippen LogP contribution in [0.3, 0.4) is 0 Å². The SMILES string of the molecule is Cc1cn(-c2ccc(S(N)(=O)=O)c(F)c2)c(-c2ccc(-c3cscn3)cc2)n1. The zero-order valence-electron chi connectivity index (χ0n) is 14.7. The molecule has 2 N–H and O–H groups in total. The maximum atomic E-state index is 14.3. The largest absolute Gasteiger partial charge is 0.299 e. The molecule has 142 valence electrons. The van der Waals surface area contributed by atoms with Gasteiger partial charge in [-0.2, -0.15) is 0 Å². The first-order chi connectivity index (χ1) is 13.3. The molecule has 4 rings (SSSR count). The Morgan fingerprint density at radius 2 is 1.82 bits per heavy atom. The van der Waals surface area contributed by atoms with Gasteiger partial charge >= 0.3 is 0 Å². The highest BCUT2D eigenvalue weighted by molar-refractivity contribution is 7.89. The minimum absolute atomic E-state index is 0.448. The van der Waals surface area contributed by atoms with Gasteiger partial charge in [0, 0.05) is 22.7 Å². The number of rotatable bonds is 4. The Bertz CT molecular complexity index is 1250. The molecule has 2 aromatic carbocycles. The lowest BCUT2D eigenvalue weighted by Gasteiger charge is -2.10. The average Bonchev–Trinajstić information content (AvgIpc) is 3.30. The van der Waals surface area contributed by atoms with E-state index in [0.29, 0.717) is 11.5 Å². The summed E-state index contributed by atoms with van der Waals surface area (Å²) < 4.78 is 38.9. The van der Waals surface area contributed by atoms with Crippen LogP contribution in [0.25, 0.3) is 28.3 Å². The second kappa shape index (κ2) is 6.93. The predicted octanol–water partition coefficient (Wildman–Crippen LogP) is 3.76. The summed E-state index contributed by atoms with van der Waals surface area (Å²) in [7, 11) is -4.12. The summed E-state index contributed by atoms with van der Waals surface area (Å²) in [5, 5.41) is 7.00. The third kappa shape index (κ3) is 3.47. The molecule has 4 aromatic rings. The number of sulfonamides is 1. The van der Waals surface area contributed by atoms with Crippen molar-refractivity contribution in [3.8, 4) is 28.3 Å². The monoisotopic (exact) mass is 414 g/mol. The summed E-state index contributed by atoms with van der Waals surface area (Å²) in [6, 6.07) is 11.5. The summed E-state index contributed by atoms with van der Waals surface area (Å²) in [5.74, 6) is -0.290. The minimum Gasteiger partial charge on any atom is -0.299 e. The van der Waals surface area contributed by atoms with Crippen LogP contribution >= 0.6 is 11.3 Å². The normalized spacial score (nSPS) is 11.7. The van der Waals surface area contributed by atoms with Crippen LogP contribution in [-0.2, 0) is 10.0 Å². The Morgan fingerprint density at radius 3 is 2.43 bits per heavy atom. The Morgan fingerprint density at radius 1 is 1.11 bits per heavy atom. The molecule has 0 aliphatic heterocycles. The van der Waals surface area contributed by atoms with E-state index in [9.17, 15) is 12.8 Å². The van der Waals surface area contributed by atoms with E-state index in [0.717, 1.165) is 34.6 Å². The third-order valence-electron chi connectivity index (χ3n) is 4.20. The fourth-order valence-electron chi connectivity index (χ4n) is 2.91. The lowest BCUT2D eigenvalue weighted by molar-refractivity contribution is 0.567. The van der Waals surface area contributed by atoms with Gasteiger partial charge in [-0.15, -0.1) is 11.3 Å². The third-order valence-corrected chi connectivity index (χ3v) is 5.73. The molecule has 2 heterocycles. The van der Waals surface area contributed by atoms with Gasteiger partial charge in [0.2, 0.25) is 10.0 Å². The summed E-state index contributed by atoms with van der Waals surface area (Å²) in [4.78, 5) is 8.29. The van der Waals surface area contributed by atoms with Crippen LogP contribution in [0.5, 0.6) is 0 Å². The van der Waals surface area contributed by atoms with Gasteiger partial charge in [-0.25, -0.2) is 27.9 Å². The minimum atomic E-state index is -4.12. The van der Waals surface area contributed by atoms with E-state index < -0.39 is 20.7 Å². The van der Waals surface area contributed by atoms with E-state index in [-0.39, 0.29) is 0 Å². The van der Waals surface area contributed by atoms with Crippen molar-refractivity contribution in [3.63, 3.8) is 0 Å². The van der Waals surface area contributed by atoms with Gasteiger partial charge in [0.15, 0.2) is 0 Å². The first kappa shape index (κ1) is 18.5. The van der Waals surface area contributed by atoms with Crippen molar-refractivity contribution >= 4 is 21.4 Å². The maximum Gasteiger partial charge on any atom is 0.240 e. The first-order valence-corrected chi connectivity index (χ1v) is 10.7. The fourth-order valence-corrected chi connectivity index (χ4v) is 4.06. The fraction of sp³-hybridized carbons (Fsp3) is 0.0526. The molecule has 0 bridgehead atoms. The van der Waals surface area contributed by atoms with Crippen molar-refractivity contribution in [2.45, 2.75) is 11.8 Å². The maximum absolute atomic E-state index is 14.3. The van der Waals surface area contributed by atoms with Crippen LogP contribution in [0.15, 0.2) is 64.4 Å². The van der Waals surface area contributed by atoms with Crippen molar-refractivity contribution in [2.24, 2.45) is 5.14 Å². The van der Waals surface area contributed by atoms with E-state index in [1.165, 1.54) is 17.4 Å². The highest BCUT2D eigenvalue weighted by Crippen LogP contribution is 2.27. The number of nitrogens with two attached hydrogens (primary N) is 1. The molecule has 0 saturated heterocycles. The van der Waals surface area contributed by atoms with Gasteiger partial charge in [-0.05, 0) is 25.1 Å². The van der Waals surface area contributed by atoms with Gasteiger partial charge in [0.05, 0.1) is 22.6 Å². The summed E-state index contributed by atoms with van der Waals surface area (Å²) >= 11 is 1.53. The molecular formula is C19H15FN4O2S2. The number of hydrogen-bond acceptors (Lipinski definition) is 5. The first-order valence-electron chi connectivity index (χ1n) is 8.20. The smallest absolute Gasteiger partial charge is 0.240 e. The van der Waals surface area contributed by atoms with E-state index in [4.69, 9.17) is 5.14 Å². The van der Waals surface area contributed by atoms with Gasteiger partial charge in [0.25, 0.3) is 0 Å². The molecule has 0 atom stereocenters. The number of imidazole rings is 1. The highest BCUT2D eigenvalue weighted by atomic mass is 32.2. The van der Waals surface area contributed by atoms with Crippen LogP contribution in [0, 0.1) is 12.7 Å². The van der Waals surface area contributed by atoms with Crippen molar-refractivity contribution in [1.82, 2.24) is 14.5 Å². The highest BCUT2D eigenvalue weighted by Gasteiger charge is 2.17. The lowest BCUT2D eigenvalue weighted by atomic mass is 10.1. The molecule has 0 fully saturated rings. The molecule has 0 aliphatic carbocycles. The standard InChI is InChI=1S/C19H15FN4O2S2/c1-12-9-24(15-6-7-18(16(20)8-15)28(21,25)26)19(23-12)14-4-2-13(3-5-14)17-10-27-11-22-17/h2-11H,1H3,(H2,21,25,26). The van der Waals surface area contributed by atoms with Crippen molar-refractivity contribution in [2.75, 3.05) is 0 Å². The van der Waals surface area contributed by atoms with Gasteiger partial charge in [-0.1, -0.05) is 24.3 Å². The zero-order chi connectivity index (χ0) is 19.9. The van der Waals surface area contributed by atoms with Crippen LogP contribution < -0.4 is 5.14 Å². The summed E-state index contributed by atoms with van der Waals surface area (Å²) in [6.45, 7) is 1.83. The van der Waals surface area contributed by atoms with Crippen molar-refractivity contribution in [1.29, 1.82) is 0 Å².